The summed E-state index contributed by atoms with van der Waals surface area (Å²) in [7, 11) is 0. The zero-order valence-corrected chi connectivity index (χ0v) is 15.1. The van der Waals surface area contributed by atoms with Gasteiger partial charge in [-0.05, 0) is 42.3 Å². The van der Waals surface area contributed by atoms with E-state index in [1.807, 2.05) is 24.3 Å². The van der Waals surface area contributed by atoms with E-state index in [1.54, 1.807) is 35.2 Å². The van der Waals surface area contributed by atoms with E-state index in [-0.39, 0.29) is 17.5 Å². The van der Waals surface area contributed by atoms with Crippen molar-refractivity contribution in [1.82, 2.24) is 4.98 Å². The second-order valence-corrected chi connectivity index (χ2v) is 6.61. The molecule has 4 rings (SSSR count). The Labute approximate surface area is 161 Å². The predicted octanol–water partition coefficient (Wildman–Crippen LogP) is 4.19. The van der Waals surface area contributed by atoms with Crippen LogP contribution in [0.3, 0.4) is 0 Å². The second-order valence-electron chi connectivity index (χ2n) is 6.20. The fraction of sp³-hybridized carbons (Fsp3) is 0.0952. The Kier molecular flexibility index (Phi) is 4.60. The van der Waals surface area contributed by atoms with E-state index >= 15 is 0 Å². The van der Waals surface area contributed by atoms with Gasteiger partial charge in [-0.25, -0.2) is 0 Å². The Morgan fingerprint density at radius 3 is 2.67 bits per heavy atom. The molecule has 0 aliphatic carbocycles. The van der Waals surface area contributed by atoms with Gasteiger partial charge in [0.05, 0.1) is 10.7 Å². The molecule has 134 valence electrons. The summed E-state index contributed by atoms with van der Waals surface area (Å²) in [4.78, 5) is 31.3. The lowest BCUT2D eigenvalue weighted by Crippen LogP contribution is -2.30. The molecule has 0 bridgehead atoms. The molecule has 1 N–H and O–H groups in total. The average Bonchev–Trinajstić information content (AvgIpc) is 3.13. The smallest absolute Gasteiger partial charge is 0.276 e. The number of nitrogens with one attached hydrogen (secondary N) is 1. The van der Waals surface area contributed by atoms with E-state index in [0.717, 1.165) is 17.7 Å². The van der Waals surface area contributed by atoms with Crippen molar-refractivity contribution in [2.75, 3.05) is 16.8 Å². The highest BCUT2D eigenvalue weighted by Crippen LogP contribution is 2.28. The number of nitrogens with zero attached hydrogens (tertiary/aromatic N) is 2. The molecule has 0 radical (unpaired) electrons. The highest BCUT2D eigenvalue weighted by Gasteiger charge is 2.26. The molecule has 5 nitrogen and oxygen atoms in total. The molecule has 3 aromatic rings. The van der Waals surface area contributed by atoms with Crippen molar-refractivity contribution in [1.29, 1.82) is 0 Å². The number of hydrogen-bond acceptors (Lipinski definition) is 3. The first kappa shape index (κ1) is 17.2. The average molecular weight is 378 g/mol. The minimum Gasteiger partial charge on any atom is -0.321 e. The van der Waals surface area contributed by atoms with Crippen LogP contribution in [0.1, 0.15) is 26.4 Å². The largest absolute Gasteiger partial charge is 0.321 e. The number of carbonyl (C=O) groups excluding carboxylic acids is 2. The van der Waals surface area contributed by atoms with E-state index in [4.69, 9.17) is 11.6 Å². The van der Waals surface area contributed by atoms with Gasteiger partial charge in [0, 0.05) is 24.0 Å². The zero-order valence-electron chi connectivity index (χ0n) is 14.4. The van der Waals surface area contributed by atoms with Crippen molar-refractivity contribution in [3.05, 3.63) is 88.7 Å². The summed E-state index contributed by atoms with van der Waals surface area (Å²) in [6.45, 7) is 0.607. The van der Waals surface area contributed by atoms with Crippen LogP contribution in [0, 0.1) is 0 Å². The molecule has 0 unspecified atom stereocenters. The number of benzene rings is 2. The molecule has 1 aliphatic heterocycles. The number of para-hydroxylation sites is 2. The number of hydrogen-bond donors (Lipinski definition) is 1. The van der Waals surface area contributed by atoms with Crippen molar-refractivity contribution < 1.29 is 9.59 Å². The Bertz CT molecular complexity index is 1040. The van der Waals surface area contributed by atoms with Crippen LogP contribution in [0.15, 0.2) is 66.9 Å². The first-order valence-electron chi connectivity index (χ1n) is 8.55. The van der Waals surface area contributed by atoms with Crippen LogP contribution in [-0.4, -0.2) is 23.3 Å². The Balaban J connectivity index is 1.57. The predicted molar refractivity (Wildman–Crippen MR) is 105 cm³/mol. The number of halogens is 1. The van der Waals surface area contributed by atoms with Crippen molar-refractivity contribution in [3.63, 3.8) is 0 Å². The van der Waals surface area contributed by atoms with Crippen molar-refractivity contribution in [2.45, 2.75) is 6.42 Å². The first-order valence-corrected chi connectivity index (χ1v) is 8.93. The number of rotatable bonds is 3. The molecule has 0 fully saturated rings. The number of pyridine rings is 1. The fourth-order valence-corrected chi connectivity index (χ4v) is 3.32. The Hall–Kier alpha value is -3.18. The molecular weight excluding hydrogens is 362 g/mol. The van der Waals surface area contributed by atoms with E-state index in [9.17, 15) is 9.59 Å². The lowest BCUT2D eigenvalue weighted by molar-refractivity contribution is 0.0984. The van der Waals surface area contributed by atoms with Gasteiger partial charge in [0.2, 0.25) is 0 Å². The van der Waals surface area contributed by atoms with Crippen LogP contribution >= 0.6 is 11.6 Å². The number of amides is 2. The molecule has 0 saturated carbocycles. The van der Waals surface area contributed by atoms with Gasteiger partial charge in [-0.15, -0.1) is 0 Å². The third-order valence-corrected chi connectivity index (χ3v) is 4.83. The maximum absolute atomic E-state index is 12.9. The van der Waals surface area contributed by atoms with Gasteiger partial charge in [-0.3, -0.25) is 14.6 Å². The molecule has 6 heteroatoms. The van der Waals surface area contributed by atoms with Gasteiger partial charge >= 0.3 is 0 Å². The summed E-state index contributed by atoms with van der Waals surface area (Å²) in [5, 5.41) is 3.20. The normalized spacial score (nSPS) is 12.6. The van der Waals surface area contributed by atoms with E-state index in [1.165, 1.54) is 12.3 Å². The van der Waals surface area contributed by atoms with Gasteiger partial charge < -0.3 is 10.2 Å². The van der Waals surface area contributed by atoms with E-state index in [2.05, 4.69) is 10.3 Å². The molecule has 2 amide bonds. The van der Waals surface area contributed by atoms with Crippen LogP contribution in [0.2, 0.25) is 5.02 Å². The van der Waals surface area contributed by atoms with Gasteiger partial charge in [0.1, 0.15) is 5.69 Å². The van der Waals surface area contributed by atoms with Crippen LogP contribution in [0.5, 0.6) is 0 Å². The molecular formula is C21H16ClN3O2. The SMILES string of the molecule is O=C(Nc1ccccc1Cl)c1ccnc(C(=O)N2CCc3ccccc32)c1. The monoisotopic (exact) mass is 377 g/mol. The molecule has 0 atom stereocenters. The Morgan fingerprint density at radius 2 is 1.81 bits per heavy atom. The minimum absolute atomic E-state index is 0.215. The molecule has 0 spiro atoms. The van der Waals surface area contributed by atoms with Gasteiger partial charge in [-0.1, -0.05) is 41.9 Å². The lowest BCUT2D eigenvalue weighted by Gasteiger charge is -2.17. The lowest BCUT2D eigenvalue weighted by atomic mass is 10.1. The van der Waals surface area contributed by atoms with Crippen LogP contribution < -0.4 is 10.2 Å². The summed E-state index contributed by atoms with van der Waals surface area (Å²) >= 11 is 6.08. The van der Waals surface area contributed by atoms with E-state index in [0.29, 0.717) is 22.8 Å². The summed E-state index contributed by atoms with van der Waals surface area (Å²) in [5.41, 5.74) is 3.13. The second kappa shape index (κ2) is 7.21. The van der Waals surface area contributed by atoms with Crippen molar-refractivity contribution in [2.24, 2.45) is 0 Å². The number of aromatic nitrogens is 1. The highest BCUT2D eigenvalue weighted by atomic mass is 35.5. The first-order chi connectivity index (χ1) is 13.1. The third-order valence-electron chi connectivity index (χ3n) is 4.50. The quantitative estimate of drug-likeness (QED) is 0.744. The molecule has 2 heterocycles. The zero-order chi connectivity index (χ0) is 18.8. The van der Waals surface area contributed by atoms with Crippen LogP contribution in [-0.2, 0) is 6.42 Å². The maximum atomic E-state index is 12.9. The fourth-order valence-electron chi connectivity index (χ4n) is 3.13. The van der Waals surface area contributed by atoms with Gasteiger partial charge in [0.25, 0.3) is 11.8 Å². The summed E-state index contributed by atoms with van der Waals surface area (Å²) in [6.07, 6.45) is 2.28. The Morgan fingerprint density at radius 1 is 1.04 bits per heavy atom. The van der Waals surface area contributed by atoms with Gasteiger partial charge in [0.15, 0.2) is 0 Å². The van der Waals surface area contributed by atoms with Crippen LogP contribution in [0.25, 0.3) is 0 Å². The molecule has 1 aliphatic rings. The molecule has 2 aromatic carbocycles. The molecule has 0 saturated heterocycles. The topological polar surface area (TPSA) is 62.3 Å². The molecule has 27 heavy (non-hydrogen) atoms. The third kappa shape index (κ3) is 3.41. The van der Waals surface area contributed by atoms with Gasteiger partial charge in [-0.2, -0.15) is 0 Å². The number of anilines is 2. The molecule has 1 aromatic heterocycles. The van der Waals surface area contributed by atoms with Crippen molar-refractivity contribution in [3.8, 4) is 0 Å². The van der Waals surface area contributed by atoms with Crippen LogP contribution in [0.4, 0.5) is 11.4 Å². The highest BCUT2D eigenvalue weighted by molar-refractivity contribution is 6.33. The summed E-state index contributed by atoms with van der Waals surface area (Å²) < 4.78 is 0. The minimum atomic E-state index is -0.346. The van der Waals surface area contributed by atoms with E-state index < -0.39 is 0 Å². The summed E-state index contributed by atoms with van der Waals surface area (Å²) in [6, 6.07) is 17.9. The van der Waals surface area contributed by atoms with Crippen molar-refractivity contribution >= 4 is 34.8 Å². The number of fused-ring (bicyclic) bond motifs is 1. The maximum Gasteiger partial charge on any atom is 0.276 e. The summed E-state index contributed by atoms with van der Waals surface area (Å²) in [5.74, 6) is -0.561. The standard InChI is InChI=1S/C21H16ClN3O2/c22-16-6-2-3-7-17(16)24-20(26)15-9-11-23-18(13-15)21(27)25-12-10-14-5-1-4-8-19(14)25/h1-9,11,13H,10,12H2,(H,24,26). The number of carbonyl (C=O) groups is 2.